The number of anilines is 2. The van der Waals surface area contributed by atoms with E-state index in [1.165, 1.54) is 11.1 Å². The van der Waals surface area contributed by atoms with Gasteiger partial charge in [0.25, 0.3) is 0 Å². The summed E-state index contributed by atoms with van der Waals surface area (Å²) < 4.78 is 0. The molecule has 1 aliphatic heterocycles. The molecule has 0 saturated carbocycles. The van der Waals surface area contributed by atoms with Crippen LogP contribution in [0.4, 0.5) is 11.4 Å². The van der Waals surface area contributed by atoms with Gasteiger partial charge in [0, 0.05) is 50.1 Å². The highest BCUT2D eigenvalue weighted by Crippen LogP contribution is 2.25. The summed E-state index contributed by atoms with van der Waals surface area (Å²) in [7, 11) is 4.05. The van der Waals surface area contributed by atoms with Gasteiger partial charge in [-0.25, -0.2) is 0 Å². The number of para-hydroxylation sites is 1. The Labute approximate surface area is 198 Å². The van der Waals surface area contributed by atoms with Crippen LogP contribution in [0.1, 0.15) is 37.0 Å². The second-order valence-corrected chi connectivity index (χ2v) is 9.19. The highest BCUT2D eigenvalue weighted by Gasteiger charge is 2.19. The summed E-state index contributed by atoms with van der Waals surface area (Å²) in [4.78, 5) is 19.6. The van der Waals surface area contributed by atoms with Crippen molar-refractivity contribution in [2.75, 3.05) is 57.0 Å². The average Bonchev–Trinajstić information content (AvgIpc) is 3.00. The molecule has 0 bridgehead atoms. The molecule has 0 aliphatic carbocycles. The van der Waals surface area contributed by atoms with Gasteiger partial charge in [-0.15, -0.1) is 0 Å². The van der Waals surface area contributed by atoms with Crippen LogP contribution >= 0.6 is 11.6 Å². The van der Waals surface area contributed by atoms with Gasteiger partial charge in [0.2, 0.25) is 5.91 Å². The van der Waals surface area contributed by atoms with Crippen LogP contribution in [0.25, 0.3) is 0 Å². The fourth-order valence-electron chi connectivity index (χ4n) is 4.31. The van der Waals surface area contributed by atoms with Crippen LogP contribution in [-0.2, 0) is 24.2 Å². The number of benzene rings is 2. The van der Waals surface area contributed by atoms with Gasteiger partial charge in [-0.05, 0) is 61.2 Å². The predicted molar refractivity (Wildman–Crippen MR) is 136 cm³/mol. The summed E-state index contributed by atoms with van der Waals surface area (Å²) in [5, 5.41) is 4.02. The number of halogens is 1. The van der Waals surface area contributed by atoms with Crippen molar-refractivity contribution in [2.45, 2.75) is 39.7 Å². The molecule has 0 aromatic heterocycles. The van der Waals surface area contributed by atoms with E-state index in [-0.39, 0.29) is 5.91 Å². The van der Waals surface area contributed by atoms with Crippen LogP contribution in [-0.4, -0.2) is 62.5 Å². The van der Waals surface area contributed by atoms with Crippen molar-refractivity contribution in [2.24, 2.45) is 0 Å². The number of nitrogens with zero attached hydrogens (tertiary/aromatic N) is 3. The van der Waals surface area contributed by atoms with Crippen molar-refractivity contribution < 1.29 is 4.79 Å². The molecule has 1 heterocycles. The van der Waals surface area contributed by atoms with Crippen molar-refractivity contribution in [3.63, 3.8) is 0 Å². The van der Waals surface area contributed by atoms with Crippen molar-refractivity contribution in [3.8, 4) is 0 Å². The molecule has 1 aliphatic rings. The van der Waals surface area contributed by atoms with Crippen LogP contribution < -0.4 is 10.2 Å². The number of amides is 1. The Kier molecular flexibility index (Phi) is 8.97. The van der Waals surface area contributed by atoms with Crippen LogP contribution in [0.3, 0.4) is 0 Å². The third kappa shape index (κ3) is 6.47. The van der Waals surface area contributed by atoms with Gasteiger partial charge in [-0.2, -0.15) is 0 Å². The zero-order valence-corrected chi connectivity index (χ0v) is 20.7. The molecule has 0 unspecified atom stereocenters. The first-order valence-electron chi connectivity index (χ1n) is 11.7. The van der Waals surface area contributed by atoms with Crippen molar-refractivity contribution in [3.05, 3.63) is 58.1 Å². The predicted octanol–water partition coefficient (Wildman–Crippen LogP) is 4.68. The molecular formula is C26H37ClN4O. The lowest BCUT2D eigenvalue weighted by Crippen LogP contribution is -2.36. The smallest absolute Gasteiger partial charge is 0.238 e. The van der Waals surface area contributed by atoms with Crippen molar-refractivity contribution in [1.82, 2.24) is 9.80 Å². The van der Waals surface area contributed by atoms with E-state index in [9.17, 15) is 4.79 Å². The van der Waals surface area contributed by atoms with E-state index in [0.717, 1.165) is 73.9 Å². The van der Waals surface area contributed by atoms with E-state index < -0.39 is 0 Å². The lowest BCUT2D eigenvalue weighted by Gasteiger charge is -2.23. The molecule has 0 radical (unpaired) electrons. The van der Waals surface area contributed by atoms with Gasteiger partial charge in [0.15, 0.2) is 0 Å². The molecule has 5 nitrogen and oxygen atoms in total. The Morgan fingerprint density at radius 2 is 1.62 bits per heavy atom. The van der Waals surface area contributed by atoms with E-state index in [4.69, 9.17) is 11.6 Å². The van der Waals surface area contributed by atoms with Crippen molar-refractivity contribution in [1.29, 1.82) is 0 Å². The maximum absolute atomic E-state index is 12.8. The van der Waals surface area contributed by atoms with Gasteiger partial charge in [0.1, 0.15) is 0 Å². The van der Waals surface area contributed by atoms with E-state index in [1.807, 2.05) is 20.2 Å². The fourth-order valence-corrected chi connectivity index (χ4v) is 4.54. The van der Waals surface area contributed by atoms with Crippen LogP contribution in [0, 0.1) is 0 Å². The summed E-state index contributed by atoms with van der Waals surface area (Å²) in [6.45, 7) is 9.32. The fraction of sp³-hybridized carbons (Fsp3) is 0.500. The molecule has 6 heteroatoms. The molecule has 2 aromatic carbocycles. The Bertz CT molecular complexity index is 892. The number of carbonyl (C=O) groups is 1. The number of rotatable bonds is 8. The summed E-state index contributed by atoms with van der Waals surface area (Å²) >= 11 is 6.54. The van der Waals surface area contributed by atoms with E-state index >= 15 is 0 Å². The zero-order chi connectivity index (χ0) is 23.1. The minimum atomic E-state index is 0.0800. The molecule has 32 heavy (non-hydrogen) atoms. The summed E-state index contributed by atoms with van der Waals surface area (Å²) in [6.07, 6.45) is 2.88. The van der Waals surface area contributed by atoms with E-state index in [0.29, 0.717) is 6.54 Å². The molecule has 2 aromatic rings. The largest absolute Gasteiger partial charge is 0.378 e. The first kappa shape index (κ1) is 24.6. The molecule has 1 saturated heterocycles. The van der Waals surface area contributed by atoms with Crippen molar-refractivity contribution >= 4 is 28.9 Å². The Morgan fingerprint density at radius 3 is 2.25 bits per heavy atom. The summed E-state index contributed by atoms with van der Waals surface area (Å²) in [6, 6.07) is 12.6. The van der Waals surface area contributed by atoms with Gasteiger partial charge in [-0.3, -0.25) is 14.6 Å². The minimum absolute atomic E-state index is 0.0800. The first-order chi connectivity index (χ1) is 15.4. The summed E-state index contributed by atoms with van der Waals surface area (Å²) in [5.74, 6) is 0.0800. The third-order valence-electron chi connectivity index (χ3n) is 6.26. The normalized spacial score (nSPS) is 15.4. The number of aryl methyl sites for hydroxylation is 2. The Balaban J connectivity index is 1.55. The molecule has 3 rings (SSSR count). The van der Waals surface area contributed by atoms with E-state index in [2.05, 4.69) is 64.2 Å². The highest BCUT2D eigenvalue weighted by atomic mass is 35.5. The molecule has 0 atom stereocenters. The van der Waals surface area contributed by atoms with Crippen LogP contribution in [0.2, 0.25) is 5.02 Å². The topological polar surface area (TPSA) is 38.8 Å². The van der Waals surface area contributed by atoms with Gasteiger partial charge < -0.3 is 10.2 Å². The van der Waals surface area contributed by atoms with Gasteiger partial charge in [-0.1, -0.05) is 49.7 Å². The number of hydrogen-bond donors (Lipinski definition) is 1. The second-order valence-electron chi connectivity index (χ2n) is 8.78. The second kappa shape index (κ2) is 11.7. The molecule has 1 amide bonds. The standard InChI is InChI=1S/C26H37ClN4O/c1-5-20-9-7-10-21(6-2)26(20)28-25(32)19-31-14-8-13-30(15-16-31)18-22-11-12-23(29(3)4)17-24(22)27/h7,9-12,17H,5-6,8,13-16,18-19H2,1-4H3,(H,28,32). The van der Waals surface area contributed by atoms with Gasteiger partial charge >= 0.3 is 0 Å². The quantitative estimate of drug-likeness (QED) is 0.626. The monoisotopic (exact) mass is 456 g/mol. The number of hydrogen-bond acceptors (Lipinski definition) is 4. The maximum atomic E-state index is 12.8. The number of carbonyl (C=O) groups excluding carboxylic acids is 1. The maximum Gasteiger partial charge on any atom is 0.238 e. The Hall–Kier alpha value is -2.08. The highest BCUT2D eigenvalue weighted by molar-refractivity contribution is 6.31. The molecule has 1 N–H and O–H groups in total. The number of nitrogens with one attached hydrogen (secondary N) is 1. The van der Waals surface area contributed by atoms with Crippen LogP contribution in [0.5, 0.6) is 0 Å². The summed E-state index contributed by atoms with van der Waals surface area (Å²) in [5.41, 5.74) is 5.69. The lowest BCUT2D eigenvalue weighted by atomic mass is 10.0. The SMILES string of the molecule is CCc1cccc(CC)c1NC(=O)CN1CCCN(Cc2ccc(N(C)C)cc2Cl)CC1. The average molecular weight is 457 g/mol. The molecular weight excluding hydrogens is 420 g/mol. The molecule has 0 spiro atoms. The molecule has 1 fully saturated rings. The Morgan fingerprint density at radius 1 is 0.969 bits per heavy atom. The third-order valence-corrected chi connectivity index (χ3v) is 6.61. The van der Waals surface area contributed by atoms with Gasteiger partial charge in [0.05, 0.1) is 6.54 Å². The minimum Gasteiger partial charge on any atom is -0.378 e. The molecule has 174 valence electrons. The van der Waals surface area contributed by atoms with Crippen LogP contribution in [0.15, 0.2) is 36.4 Å². The zero-order valence-electron chi connectivity index (χ0n) is 20.0. The first-order valence-corrected chi connectivity index (χ1v) is 12.1. The van der Waals surface area contributed by atoms with E-state index in [1.54, 1.807) is 0 Å². The lowest BCUT2D eigenvalue weighted by molar-refractivity contribution is -0.117.